The van der Waals surface area contributed by atoms with E-state index in [2.05, 4.69) is 22.2 Å². The number of thioether (sulfide) groups is 1. The molecule has 1 amide bonds. The van der Waals surface area contributed by atoms with E-state index in [1.165, 1.54) is 11.8 Å². The molecule has 1 saturated heterocycles. The molecule has 0 radical (unpaired) electrons. The van der Waals surface area contributed by atoms with Crippen LogP contribution in [-0.4, -0.2) is 51.2 Å². The zero-order valence-electron chi connectivity index (χ0n) is 20.2. The molecule has 190 valence electrons. The van der Waals surface area contributed by atoms with Gasteiger partial charge >= 0.3 is 0 Å². The number of amides is 1. The molecule has 0 spiro atoms. The summed E-state index contributed by atoms with van der Waals surface area (Å²) in [6, 6.07) is 11.5. The van der Waals surface area contributed by atoms with Crippen LogP contribution in [0.25, 0.3) is 0 Å². The number of nitriles is 2. The molecule has 0 atom stereocenters. The highest BCUT2D eigenvalue weighted by atomic mass is 32.2. The maximum atomic E-state index is 11.6. The van der Waals surface area contributed by atoms with Gasteiger partial charge in [-0.25, -0.2) is 13.4 Å². The van der Waals surface area contributed by atoms with E-state index in [-0.39, 0.29) is 18.5 Å². The Labute approximate surface area is 215 Å². The van der Waals surface area contributed by atoms with E-state index in [1.807, 2.05) is 24.0 Å². The SMILES string of the molecule is CCc1c(C#N)c(SCc2ccc(NS(C)(=O)=O)cc2)nc(N2CCC(NC(=O)CN)CC2)c1C#N. The number of sulfonamides is 1. The van der Waals surface area contributed by atoms with Crippen LogP contribution in [0, 0.1) is 22.7 Å². The molecular formula is C24H29N7O3S2. The molecular weight excluding hydrogens is 498 g/mol. The van der Waals surface area contributed by atoms with Crippen molar-refractivity contribution in [3.63, 3.8) is 0 Å². The number of carbonyl (C=O) groups excluding carboxylic acids is 1. The number of benzene rings is 1. The first-order chi connectivity index (χ1) is 17.2. The van der Waals surface area contributed by atoms with Gasteiger partial charge in [0.15, 0.2) is 0 Å². The topological polar surface area (TPSA) is 165 Å². The number of hydrogen-bond donors (Lipinski definition) is 3. The molecule has 4 N–H and O–H groups in total. The molecule has 3 rings (SSSR count). The lowest BCUT2D eigenvalue weighted by atomic mass is 10.00. The van der Waals surface area contributed by atoms with Gasteiger partial charge in [0.2, 0.25) is 15.9 Å². The Balaban J connectivity index is 1.84. The monoisotopic (exact) mass is 527 g/mol. The number of anilines is 2. The van der Waals surface area contributed by atoms with Crippen molar-refractivity contribution in [3.05, 3.63) is 46.5 Å². The molecule has 0 saturated carbocycles. The Bertz CT molecular complexity index is 1290. The highest BCUT2D eigenvalue weighted by molar-refractivity contribution is 7.98. The molecule has 36 heavy (non-hydrogen) atoms. The van der Waals surface area contributed by atoms with Crippen LogP contribution in [0.2, 0.25) is 0 Å². The van der Waals surface area contributed by atoms with Crippen LogP contribution in [-0.2, 0) is 27.0 Å². The van der Waals surface area contributed by atoms with Gasteiger partial charge in [0.05, 0.1) is 23.9 Å². The van der Waals surface area contributed by atoms with Gasteiger partial charge < -0.3 is 16.0 Å². The summed E-state index contributed by atoms with van der Waals surface area (Å²) in [6.07, 6.45) is 3.02. The first-order valence-corrected chi connectivity index (χ1v) is 14.4. The average molecular weight is 528 g/mol. The quantitative estimate of drug-likeness (QED) is 0.414. The Morgan fingerprint density at radius 2 is 1.83 bits per heavy atom. The summed E-state index contributed by atoms with van der Waals surface area (Å²) < 4.78 is 25.3. The smallest absolute Gasteiger partial charge is 0.233 e. The van der Waals surface area contributed by atoms with Crippen molar-refractivity contribution in [2.24, 2.45) is 5.73 Å². The minimum atomic E-state index is -3.35. The van der Waals surface area contributed by atoms with Crippen LogP contribution < -0.4 is 20.7 Å². The van der Waals surface area contributed by atoms with Gasteiger partial charge in [-0.1, -0.05) is 19.1 Å². The average Bonchev–Trinajstić information content (AvgIpc) is 2.86. The summed E-state index contributed by atoms with van der Waals surface area (Å²) in [5.74, 6) is 0.893. The highest BCUT2D eigenvalue weighted by Gasteiger charge is 2.27. The minimum absolute atomic E-state index is 0.0286. The second-order valence-electron chi connectivity index (χ2n) is 8.44. The van der Waals surface area contributed by atoms with Crippen LogP contribution in [0.3, 0.4) is 0 Å². The van der Waals surface area contributed by atoms with Gasteiger partial charge in [-0.2, -0.15) is 10.5 Å². The number of aromatic nitrogens is 1. The van der Waals surface area contributed by atoms with E-state index < -0.39 is 10.0 Å². The molecule has 1 aliphatic heterocycles. The number of carbonyl (C=O) groups is 1. The Morgan fingerprint density at radius 3 is 2.36 bits per heavy atom. The van der Waals surface area contributed by atoms with Crippen molar-refractivity contribution >= 4 is 39.2 Å². The molecule has 1 aromatic carbocycles. The molecule has 0 bridgehead atoms. The number of nitrogens with two attached hydrogens (primary N) is 1. The van der Waals surface area contributed by atoms with Crippen molar-refractivity contribution in [2.45, 2.75) is 43.0 Å². The Morgan fingerprint density at radius 1 is 1.19 bits per heavy atom. The molecule has 12 heteroatoms. The van der Waals surface area contributed by atoms with Crippen molar-refractivity contribution in [2.75, 3.05) is 35.5 Å². The predicted octanol–water partition coefficient (Wildman–Crippen LogP) is 2.09. The van der Waals surface area contributed by atoms with E-state index in [1.54, 1.807) is 12.1 Å². The predicted molar refractivity (Wildman–Crippen MR) is 140 cm³/mol. The zero-order valence-corrected chi connectivity index (χ0v) is 21.9. The van der Waals surface area contributed by atoms with Crippen molar-refractivity contribution in [1.29, 1.82) is 10.5 Å². The molecule has 1 fully saturated rings. The second-order valence-corrected chi connectivity index (χ2v) is 11.2. The van der Waals surface area contributed by atoms with Crippen LogP contribution in [0.15, 0.2) is 29.3 Å². The van der Waals surface area contributed by atoms with Gasteiger partial charge in [0, 0.05) is 30.6 Å². The first kappa shape index (κ1) is 27.3. The summed E-state index contributed by atoms with van der Waals surface area (Å²) in [6.45, 7) is 3.10. The van der Waals surface area contributed by atoms with E-state index in [0.29, 0.717) is 71.3 Å². The normalized spacial score (nSPS) is 14.1. The van der Waals surface area contributed by atoms with E-state index in [9.17, 15) is 23.7 Å². The van der Waals surface area contributed by atoms with Gasteiger partial charge in [-0.05, 0) is 42.5 Å². The molecule has 2 aromatic rings. The van der Waals surface area contributed by atoms with Gasteiger partial charge in [0.25, 0.3) is 0 Å². The van der Waals surface area contributed by atoms with Gasteiger partial charge in [-0.15, -0.1) is 11.8 Å². The summed E-state index contributed by atoms with van der Waals surface area (Å²) in [5, 5.41) is 23.3. The Hall–Kier alpha value is -3.32. The van der Waals surface area contributed by atoms with Crippen molar-refractivity contribution in [3.8, 4) is 12.1 Å². The number of pyridine rings is 1. The van der Waals surface area contributed by atoms with Crippen molar-refractivity contribution in [1.82, 2.24) is 10.3 Å². The van der Waals surface area contributed by atoms with E-state index in [0.717, 1.165) is 11.8 Å². The molecule has 1 aromatic heterocycles. The van der Waals surface area contributed by atoms with E-state index in [4.69, 9.17) is 10.7 Å². The third kappa shape index (κ3) is 6.88. The standard InChI is InChI=1S/C24H29N7O3S2/c1-3-19-20(12-25)23(31-10-8-17(9-11-31)28-22(32)14-27)29-24(21(19)13-26)35-15-16-4-6-18(7-5-16)30-36(2,33)34/h4-7,17,30H,3,8-11,14-15,27H2,1-2H3,(H,28,32). The number of rotatable bonds is 9. The molecule has 10 nitrogen and oxygen atoms in total. The number of nitrogens with zero attached hydrogens (tertiary/aromatic N) is 4. The lowest BCUT2D eigenvalue weighted by molar-refractivity contribution is -0.120. The zero-order chi connectivity index (χ0) is 26.3. The summed E-state index contributed by atoms with van der Waals surface area (Å²) in [4.78, 5) is 18.4. The lowest BCUT2D eigenvalue weighted by Crippen LogP contribution is -2.46. The van der Waals surface area contributed by atoms with E-state index >= 15 is 0 Å². The van der Waals surface area contributed by atoms with Crippen LogP contribution >= 0.6 is 11.8 Å². The Kier molecular flexibility index (Phi) is 9.15. The maximum Gasteiger partial charge on any atom is 0.233 e. The molecule has 0 unspecified atom stereocenters. The van der Waals surface area contributed by atoms with Crippen LogP contribution in [0.4, 0.5) is 11.5 Å². The summed E-state index contributed by atoms with van der Waals surface area (Å²) >= 11 is 1.40. The molecule has 0 aliphatic carbocycles. The fourth-order valence-electron chi connectivity index (χ4n) is 4.07. The number of nitrogens with one attached hydrogen (secondary N) is 2. The first-order valence-electron chi connectivity index (χ1n) is 11.5. The fraction of sp³-hybridized carbons (Fsp3) is 0.417. The number of piperidine rings is 1. The fourth-order valence-corrected chi connectivity index (χ4v) is 5.60. The maximum absolute atomic E-state index is 11.6. The van der Waals surface area contributed by atoms with Crippen molar-refractivity contribution < 1.29 is 13.2 Å². The third-order valence-electron chi connectivity index (χ3n) is 5.80. The van der Waals surface area contributed by atoms with Gasteiger partial charge in [0.1, 0.15) is 23.0 Å². The second kappa shape index (κ2) is 12.1. The minimum Gasteiger partial charge on any atom is -0.355 e. The van der Waals surface area contributed by atoms with Crippen LogP contribution in [0.1, 0.15) is 42.0 Å². The van der Waals surface area contributed by atoms with Crippen LogP contribution in [0.5, 0.6) is 0 Å². The van der Waals surface area contributed by atoms with Gasteiger partial charge in [-0.3, -0.25) is 9.52 Å². The lowest BCUT2D eigenvalue weighted by Gasteiger charge is -2.34. The molecule has 2 heterocycles. The third-order valence-corrected chi connectivity index (χ3v) is 7.46. The highest BCUT2D eigenvalue weighted by Crippen LogP contribution is 2.34. The number of hydrogen-bond acceptors (Lipinski definition) is 9. The summed E-state index contributed by atoms with van der Waals surface area (Å²) in [5.41, 5.74) is 8.31. The summed E-state index contributed by atoms with van der Waals surface area (Å²) in [7, 11) is -3.35. The largest absolute Gasteiger partial charge is 0.355 e. The molecule has 1 aliphatic rings.